The minimum atomic E-state index is 0.220. The summed E-state index contributed by atoms with van der Waals surface area (Å²) in [5.41, 5.74) is 9.47. The molecular formula is C23H30. The Hall–Kier alpha value is -1.56. The normalized spacial score (nSPS) is 14.9. The van der Waals surface area contributed by atoms with Crippen LogP contribution in [0.15, 0.2) is 36.4 Å². The molecule has 0 amide bonds. The lowest BCUT2D eigenvalue weighted by Gasteiger charge is -2.22. The molecule has 0 spiro atoms. The minimum absolute atomic E-state index is 0.220. The molecule has 2 aromatic rings. The predicted molar refractivity (Wildman–Crippen MR) is 100 cm³/mol. The van der Waals surface area contributed by atoms with Gasteiger partial charge in [0.2, 0.25) is 0 Å². The first-order chi connectivity index (χ1) is 10.6. The highest BCUT2D eigenvalue weighted by atomic mass is 14.2. The summed E-state index contributed by atoms with van der Waals surface area (Å²) in [6, 6.07) is 14.3. The van der Waals surface area contributed by atoms with Gasteiger partial charge < -0.3 is 0 Å². The zero-order chi connectivity index (χ0) is 16.8. The monoisotopic (exact) mass is 306 g/mol. The van der Waals surface area contributed by atoms with Gasteiger partial charge in [-0.25, -0.2) is 0 Å². The quantitative estimate of drug-likeness (QED) is 0.562. The van der Waals surface area contributed by atoms with Crippen molar-refractivity contribution >= 4 is 0 Å². The van der Waals surface area contributed by atoms with Crippen LogP contribution in [-0.2, 0) is 30.1 Å². The van der Waals surface area contributed by atoms with Crippen molar-refractivity contribution in [3.8, 4) is 0 Å². The maximum absolute atomic E-state index is 2.45. The first kappa shape index (κ1) is 16.3. The second kappa shape index (κ2) is 5.51. The number of rotatable bonds is 0. The molecule has 0 radical (unpaired) electrons. The van der Waals surface area contributed by atoms with E-state index >= 15 is 0 Å². The maximum Gasteiger partial charge on any atom is -0.00201 e. The Morgan fingerprint density at radius 1 is 0.565 bits per heavy atom. The second-order valence-electron chi connectivity index (χ2n) is 9.14. The Balaban J connectivity index is 2.04. The van der Waals surface area contributed by atoms with E-state index in [4.69, 9.17) is 0 Å². The summed E-state index contributed by atoms with van der Waals surface area (Å²) in [6.45, 7) is 13.8. The van der Waals surface area contributed by atoms with Crippen LogP contribution in [0.3, 0.4) is 0 Å². The molecule has 0 atom stereocenters. The van der Waals surface area contributed by atoms with Gasteiger partial charge in [0.25, 0.3) is 0 Å². The van der Waals surface area contributed by atoms with E-state index in [1.807, 2.05) is 0 Å². The van der Waals surface area contributed by atoms with Crippen LogP contribution in [0.25, 0.3) is 0 Å². The van der Waals surface area contributed by atoms with Gasteiger partial charge in [0.1, 0.15) is 0 Å². The van der Waals surface area contributed by atoms with Gasteiger partial charge in [-0.05, 0) is 63.5 Å². The maximum atomic E-state index is 2.45. The third-order valence-electron chi connectivity index (χ3n) is 5.19. The molecule has 0 aliphatic heterocycles. The zero-order valence-electron chi connectivity index (χ0n) is 15.6. The second-order valence-corrected chi connectivity index (χ2v) is 9.14. The highest BCUT2D eigenvalue weighted by Gasteiger charge is 2.20. The van der Waals surface area contributed by atoms with Crippen molar-refractivity contribution in [3.05, 3.63) is 69.8 Å². The average molecular weight is 306 g/mol. The van der Waals surface area contributed by atoms with Crippen LogP contribution >= 0.6 is 0 Å². The van der Waals surface area contributed by atoms with Crippen LogP contribution in [0, 0.1) is 0 Å². The summed E-state index contributed by atoms with van der Waals surface area (Å²) < 4.78 is 0. The van der Waals surface area contributed by atoms with Crippen LogP contribution in [-0.4, -0.2) is 0 Å². The number of hydrogen-bond acceptors (Lipinski definition) is 0. The molecule has 23 heavy (non-hydrogen) atoms. The van der Waals surface area contributed by atoms with Crippen molar-refractivity contribution in [2.45, 2.75) is 71.6 Å². The Morgan fingerprint density at radius 3 is 1.30 bits per heavy atom. The first-order valence-corrected chi connectivity index (χ1v) is 8.89. The van der Waals surface area contributed by atoms with Gasteiger partial charge >= 0.3 is 0 Å². The van der Waals surface area contributed by atoms with Gasteiger partial charge in [-0.15, -0.1) is 0 Å². The van der Waals surface area contributed by atoms with Crippen LogP contribution < -0.4 is 0 Å². The Kier molecular flexibility index (Phi) is 3.91. The molecule has 0 nitrogen and oxygen atoms in total. The lowest BCUT2D eigenvalue weighted by atomic mass is 9.83. The van der Waals surface area contributed by atoms with E-state index in [0.717, 1.165) is 6.42 Å². The highest BCUT2D eigenvalue weighted by Crippen LogP contribution is 2.32. The first-order valence-electron chi connectivity index (χ1n) is 8.89. The molecule has 0 fully saturated rings. The molecule has 2 aromatic carbocycles. The van der Waals surface area contributed by atoms with E-state index in [-0.39, 0.29) is 10.8 Å². The van der Waals surface area contributed by atoms with Crippen LogP contribution in [0.1, 0.15) is 74.9 Å². The molecule has 0 heteroatoms. The van der Waals surface area contributed by atoms with E-state index in [0.29, 0.717) is 0 Å². The summed E-state index contributed by atoms with van der Waals surface area (Å²) in [4.78, 5) is 0. The van der Waals surface area contributed by atoms with E-state index in [9.17, 15) is 0 Å². The summed E-state index contributed by atoms with van der Waals surface area (Å²) in [5, 5.41) is 0. The van der Waals surface area contributed by atoms with Crippen molar-refractivity contribution in [1.82, 2.24) is 0 Å². The van der Waals surface area contributed by atoms with Gasteiger partial charge in [-0.3, -0.25) is 0 Å². The van der Waals surface area contributed by atoms with Crippen molar-refractivity contribution in [2.75, 3.05) is 0 Å². The number of benzene rings is 2. The summed E-state index contributed by atoms with van der Waals surface area (Å²) in [5.74, 6) is 0. The van der Waals surface area contributed by atoms with Gasteiger partial charge in [0.15, 0.2) is 0 Å². The van der Waals surface area contributed by atoms with E-state index in [1.165, 1.54) is 46.2 Å². The van der Waals surface area contributed by atoms with E-state index in [1.54, 1.807) is 0 Å². The molecule has 0 N–H and O–H groups in total. The highest BCUT2D eigenvalue weighted by molar-refractivity contribution is 5.45. The molecule has 1 aliphatic carbocycles. The molecule has 0 bridgehead atoms. The van der Waals surface area contributed by atoms with Gasteiger partial charge in [-0.2, -0.15) is 0 Å². The van der Waals surface area contributed by atoms with Crippen LogP contribution in [0.5, 0.6) is 0 Å². The van der Waals surface area contributed by atoms with Gasteiger partial charge in [0.05, 0.1) is 0 Å². The zero-order valence-corrected chi connectivity index (χ0v) is 15.6. The fourth-order valence-corrected chi connectivity index (χ4v) is 3.48. The summed E-state index contributed by atoms with van der Waals surface area (Å²) >= 11 is 0. The molecule has 0 heterocycles. The summed E-state index contributed by atoms with van der Waals surface area (Å²) in [7, 11) is 0. The Bertz CT molecular complexity index is 657. The van der Waals surface area contributed by atoms with Gasteiger partial charge in [0, 0.05) is 0 Å². The molecule has 1 aliphatic rings. The lowest BCUT2D eigenvalue weighted by Crippen LogP contribution is -2.12. The third-order valence-corrected chi connectivity index (χ3v) is 5.19. The predicted octanol–water partition coefficient (Wildman–Crippen LogP) is 5.97. The topological polar surface area (TPSA) is 0 Å². The number of hydrogen-bond donors (Lipinski definition) is 0. The smallest absolute Gasteiger partial charge is 0.00201 e. The van der Waals surface area contributed by atoms with Crippen molar-refractivity contribution in [2.24, 2.45) is 0 Å². The summed E-state index contributed by atoms with van der Waals surface area (Å²) in [6.07, 6.45) is 3.42. The molecule has 0 saturated carbocycles. The fourth-order valence-electron chi connectivity index (χ4n) is 3.48. The largest absolute Gasteiger partial charge is 0.0585 e. The molecule has 0 saturated heterocycles. The fraction of sp³-hybridized carbons (Fsp3) is 0.478. The third kappa shape index (κ3) is 3.37. The average Bonchev–Trinajstić information content (AvgIpc) is 2.62. The molecule has 3 rings (SSSR count). The van der Waals surface area contributed by atoms with Crippen LogP contribution in [0.4, 0.5) is 0 Å². The Morgan fingerprint density at radius 2 is 0.957 bits per heavy atom. The number of fused-ring (bicyclic) bond motifs is 2. The van der Waals surface area contributed by atoms with Crippen molar-refractivity contribution in [3.63, 3.8) is 0 Å². The molecule has 0 unspecified atom stereocenters. The standard InChI is InChI=1S/C23H30/c1-22(2,3)20-11-9-16-7-8-17-10-12-21(23(4,5)6)15-19(17)13-18(16)14-20/h9-12,14-15H,7-8,13H2,1-6H3. The van der Waals surface area contributed by atoms with Gasteiger partial charge in [-0.1, -0.05) is 77.9 Å². The Labute approximate surface area is 141 Å². The SMILES string of the molecule is CC(C)(C)c1ccc2c(c1)Cc1cc(C(C)(C)C)ccc1CC2. The molecule has 0 aromatic heterocycles. The minimum Gasteiger partial charge on any atom is -0.0585 e. The molecule has 122 valence electrons. The lowest BCUT2D eigenvalue weighted by molar-refractivity contribution is 0.588. The van der Waals surface area contributed by atoms with Crippen molar-refractivity contribution < 1.29 is 0 Å². The number of aryl methyl sites for hydroxylation is 2. The molecular weight excluding hydrogens is 276 g/mol. The van der Waals surface area contributed by atoms with E-state index in [2.05, 4.69) is 77.9 Å². The van der Waals surface area contributed by atoms with Crippen molar-refractivity contribution in [1.29, 1.82) is 0 Å². The van der Waals surface area contributed by atoms with E-state index < -0.39 is 0 Å². The van der Waals surface area contributed by atoms with Crippen LogP contribution in [0.2, 0.25) is 0 Å².